The number of hydrogen-bond donors (Lipinski definition) is 0. The number of aromatic nitrogens is 1. The number of hydrogen-bond acceptors (Lipinski definition) is 5. The van der Waals surface area contributed by atoms with Crippen molar-refractivity contribution in [3.8, 4) is 0 Å². The van der Waals surface area contributed by atoms with Gasteiger partial charge in [0.1, 0.15) is 16.8 Å². The Morgan fingerprint density at radius 1 is 0.979 bits per heavy atom. The molecule has 1 aromatic heterocycles. The molecule has 15 heteroatoms. The summed E-state index contributed by atoms with van der Waals surface area (Å²) in [7, 11) is 1.52. The Balaban J connectivity index is 1.57. The third-order valence-electron chi connectivity index (χ3n) is 7.19. The van der Waals surface area contributed by atoms with Gasteiger partial charge in [-0.3, -0.25) is 4.90 Å². The van der Waals surface area contributed by atoms with Gasteiger partial charge in [0.2, 0.25) is 12.1 Å². The van der Waals surface area contributed by atoms with Crippen molar-refractivity contribution in [2.24, 2.45) is 0 Å². The monoisotopic (exact) mass is 748 g/mol. The molecule has 2 heterocycles. The summed E-state index contributed by atoms with van der Waals surface area (Å²) in [6.07, 6.45) is -2.34. The molecular weight excluding hydrogens is 719 g/mol. The highest BCUT2D eigenvalue weighted by molar-refractivity contribution is 8.03. The number of allylic oxidation sites excluding steroid dienone is 5. The van der Waals surface area contributed by atoms with Crippen LogP contribution >= 0.6 is 46.3 Å². The van der Waals surface area contributed by atoms with Gasteiger partial charge in [0, 0.05) is 34.1 Å². The molecule has 0 bridgehead atoms. The van der Waals surface area contributed by atoms with Gasteiger partial charge in [-0.25, -0.2) is 4.79 Å². The fourth-order valence-corrected chi connectivity index (χ4v) is 7.74. The van der Waals surface area contributed by atoms with Crippen molar-refractivity contribution >= 4 is 74.4 Å². The van der Waals surface area contributed by atoms with E-state index in [4.69, 9.17) is 27.9 Å². The average Bonchev–Trinajstić information content (AvgIpc) is 3.61. The zero-order valence-electron chi connectivity index (χ0n) is 26.1. The maximum absolute atomic E-state index is 13.6. The Hall–Kier alpha value is -3.13. The van der Waals surface area contributed by atoms with Crippen LogP contribution in [-0.2, 0) is 11.3 Å². The Morgan fingerprint density at radius 3 is 2.33 bits per heavy atom. The van der Waals surface area contributed by atoms with E-state index in [0.29, 0.717) is 70.6 Å². The molecule has 0 N–H and O–H groups in total. The average molecular weight is 750 g/mol. The first-order valence-corrected chi connectivity index (χ1v) is 17.0. The first-order valence-electron chi connectivity index (χ1n) is 14.6. The summed E-state index contributed by atoms with van der Waals surface area (Å²) >= 11 is 14.5. The van der Waals surface area contributed by atoms with Gasteiger partial charge in [0.05, 0.1) is 16.4 Å². The smallest absolute Gasteiger partial charge is 0.443 e. The predicted octanol–water partition coefficient (Wildman–Crippen LogP) is 10.9. The fourth-order valence-electron chi connectivity index (χ4n) is 5.31. The zero-order chi connectivity index (χ0) is 35.2. The lowest BCUT2D eigenvalue weighted by Crippen LogP contribution is -2.42. The number of nitrogens with zero attached hydrogens (tertiary/aromatic N) is 3. The molecule has 3 aromatic rings. The largest absolute Gasteiger partial charge is 0.448 e. The number of fused-ring (bicyclic) bond motifs is 2. The van der Waals surface area contributed by atoms with Crippen LogP contribution in [0.25, 0.3) is 16.3 Å². The van der Waals surface area contributed by atoms with Gasteiger partial charge >= 0.3 is 18.4 Å². The molecule has 0 fully saturated rings. The SMILES string of the molecule is CN(C(=O)OC(C)(C)C)C1=C(C=Cc2sc3ccc(Cl)cc3[n+]2CC(F)(F)F)CCC1=CC=C1Sc2ccc(Cl)cc2N1CC(F)(F)F. The van der Waals surface area contributed by atoms with Gasteiger partial charge in [-0.1, -0.05) is 52.4 Å². The van der Waals surface area contributed by atoms with Crippen LogP contribution in [-0.4, -0.2) is 42.5 Å². The second-order valence-electron chi connectivity index (χ2n) is 12.1. The number of anilines is 1. The molecule has 1 amide bonds. The van der Waals surface area contributed by atoms with Crippen LogP contribution in [0.3, 0.4) is 0 Å². The van der Waals surface area contributed by atoms with E-state index in [1.54, 1.807) is 69.3 Å². The molecule has 5 nitrogen and oxygen atoms in total. The normalized spacial score (nSPS) is 17.5. The number of thioether (sulfide) groups is 1. The second-order valence-corrected chi connectivity index (χ2v) is 15.1. The molecule has 0 radical (unpaired) electrons. The third-order valence-corrected chi connectivity index (χ3v) is 9.92. The number of benzene rings is 2. The number of ether oxygens (including phenoxy) is 1. The number of likely N-dealkylation sites (N-methyl/N-ethyl adjacent to an activating group) is 1. The molecule has 1 aliphatic carbocycles. The van der Waals surface area contributed by atoms with Gasteiger partial charge in [-0.2, -0.15) is 30.9 Å². The summed E-state index contributed by atoms with van der Waals surface area (Å²) < 4.78 is 89.1. The molecule has 0 spiro atoms. The molecule has 256 valence electrons. The number of carbonyl (C=O) groups is 1. The molecule has 1 aliphatic heterocycles. The van der Waals surface area contributed by atoms with E-state index in [2.05, 4.69) is 0 Å². The van der Waals surface area contributed by atoms with E-state index >= 15 is 0 Å². The summed E-state index contributed by atoms with van der Waals surface area (Å²) in [6, 6.07) is 9.50. The quantitative estimate of drug-likeness (QED) is 0.186. The number of carbonyl (C=O) groups excluding carboxylic acids is 1. The predicted molar refractivity (Wildman–Crippen MR) is 179 cm³/mol. The van der Waals surface area contributed by atoms with Crippen molar-refractivity contribution in [1.82, 2.24) is 4.90 Å². The first kappa shape index (κ1) is 36.2. The first-order chi connectivity index (χ1) is 22.3. The number of alkyl halides is 6. The summed E-state index contributed by atoms with van der Waals surface area (Å²) in [5.41, 5.74) is 1.59. The zero-order valence-corrected chi connectivity index (χ0v) is 29.2. The topological polar surface area (TPSA) is 36.7 Å². The van der Waals surface area contributed by atoms with Gasteiger partial charge in [0.15, 0.2) is 0 Å². The lowest BCUT2D eigenvalue weighted by Gasteiger charge is -2.26. The highest BCUT2D eigenvalue weighted by Gasteiger charge is 2.38. The number of halogens is 8. The molecule has 0 unspecified atom stereocenters. The molecule has 2 aliphatic rings. The van der Waals surface area contributed by atoms with Crippen LogP contribution < -0.4 is 9.47 Å². The van der Waals surface area contributed by atoms with Crippen LogP contribution in [0.4, 0.5) is 36.8 Å². The highest BCUT2D eigenvalue weighted by atomic mass is 35.5. The van der Waals surface area contributed by atoms with Crippen LogP contribution in [0, 0.1) is 0 Å². The maximum atomic E-state index is 13.6. The number of rotatable bonds is 6. The molecule has 0 saturated heterocycles. The van der Waals surface area contributed by atoms with Gasteiger partial charge < -0.3 is 9.64 Å². The lowest BCUT2D eigenvalue weighted by atomic mass is 10.1. The lowest BCUT2D eigenvalue weighted by molar-refractivity contribution is -0.693. The standard InChI is InChI=1S/C33H30Cl2F6N3O2S2/c1-31(2,3)46-30(45)42(4)29-19(7-13-27-43(17-32(36,37)38)23-15-21(34)9-11-25(23)47-27)5-6-20(29)8-14-28-44(18-33(39,40)41)24-16-22(35)10-12-26(24)48-28/h7-16H,5-6,17-18H2,1-4H3/q+1. The highest BCUT2D eigenvalue weighted by Crippen LogP contribution is 2.48. The van der Waals surface area contributed by atoms with E-state index in [-0.39, 0.29) is 0 Å². The maximum Gasteiger partial charge on any atom is 0.448 e. The van der Waals surface area contributed by atoms with E-state index in [9.17, 15) is 31.1 Å². The van der Waals surface area contributed by atoms with E-state index in [1.807, 2.05) is 0 Å². The van der Waals surface area contributed by atoms with Crippen molar-refractivity contribution < 1.29 is 40.4 Å². The Kier molecular flexibility index (Phi) is 10.3. The van der Waals surface area contributed by atoms with Crippen molar-refractivity contribution in [2.45, 2.75) is 63.0 Å². The Morgan fingerprint density at radius 2 is 1.67 bits per heavy atom. The third kappa shape index (κ3) is 8.71. The van der Waals surface area contributed by atoms with Crippen molar-refractivity contribution in [2.75, 3.05) is 18.5 Å². The summed E-state index contributed by atoms with van der Waals surface area (Å²) in [4.78, 5) is 16.3. The molecule has 2 aromatic carbocycles. The summed E-state index contributed by atoms with van der Waals surface area (Å²) in [5.74, 6) is 0. The van der Waals surface area contributed by atoms with Crippen molar-refractivity contribution in [1.29, 1.82) is 0 Å². The van der Waals surface area contributed by atoms with Gasteiger partial charge in [-0.15, -0.1) is 0 Å². The van der Waals surface area contributed by atoms with Crippen LogP contribution in [0.1, 0.15) is 38.6 Å². The molecule has 0 saturated carbocycles. The number of thiazole rings is 1. The Labute approximate surface area is 291 Å². The van der Waals surface area contributed by atoms with Crippen LogP contribution in [0.5, 0.6) is 0 Å². The minimum absolute atomic E-state index is 0.302. The van der Waals surface area contributed by atoms with Crippen LogP contribution in [0.2, 0.25) is 10.0 Å². The minimum Gasteiger partial charge on any atom is -0.443 e. The Bertz CT molecular complexity index is 1870. The summed E-state index contributed by atoms with van der Waals surface area (Å²) in [6.45, 7) is 2.69. The fraction of sp³-hybridized carbons (Fsp3) is 0.333. The van der Waals surface area contributed by atoms with Gasteiger partial charge in [0.25, 0.3) is 5.01 Å². The molecular formula is C33H30Cl2F6N3O2S2+. The van der Waals surface area contributed by atoms with E-state index < -0.39 is 37.1 Å². The van der Waals surface area contributed by atoms with Crippen LogP contribution in [0.15, 0.2) is 81.4 Å². The number of amides is 1. The summed E-state index contributed by atoms with van der Waals surface area (Å²) in [5, 5.41) is 1.24. The molecule has 48 heavy (non-hydrogen) atoms. The van der Waals surface area contributed by atoms with E-state index in [1.165, 1.54) is 24.1 Å². The van der Waals surface area contributed by atoms with E-state index in [0.717, 1.165) is 32.6 Å². The van der Waals surface area contributed by atoms with Gasteiger partial charge in [-0.05, 0) is 87.2 Å². The van der Waals surface area contributed by atoms with Crippen molar-refractivity contribution in [3.63, 3.8) is 0 Å². The second kappa shape index (κ2) is 13.6. The van der Waals surface area contributed by atoms with Crippen molar-refractivity contribution in [3.05, 3.63) is 91.6 Å². The minimum atomic E-state index is -4.50. The molecule has 0 atom stereocenters. The molecule has 5 rings (SSSR count).